The second-order valence-electron chi connectivity index (χ2n) is 5.98. The van der Waals surface area contributed by atoms with E-state index >= 15 is 0 Å². The molecule has 1 saturated carbocycles. The highest BCUT2D eigenvalue weighted by molar-refractivity contribution is 5.78. The van der Waals surface area contributed by atoms with Gasteiger partial charge in [0.15, 0.2) is 0 Å². The van der Waals surface area contributed by atoms with Gasteiger partial charge in [-0.2, -0.15) is 4.98 Å². The van der Waals surface area contributed by atoms with E-state index in [1.807, 2.05) is 43.1 Å². The number of ether oxygens (including phenoxy) is 1. The number of likely N-dealkylation sites (N-methyl/N-ethyl adjacent to an activating group) is 1. The Kier molecular flexibility index (Phi) is 5.10. The van der Waals surface area contributed by atoms with Crippen molar-refractivity contribution in [3.63, 3.8) is 0 Å². The molecule has 0 aliphatic heterocycles. The number of carbonyl (C=O) groups is 1. The van der Waals surface area contributed by atoms with E-state index in [0.717, 1.165) is 24.2 Å². The molecule has 1 fully saturated rings. The van der Waals surface area contributed by atoms with E-state index in [1.54, 1.807) is 0 Å². The zero-order valence-corrected chi connectivity index (χ0v) is 14.0. The lowest BCUT2D eigenvalue weighted by Gasteiger charge is -2.13. The second-order valence-corrected chi connectivity index (χ2v) is 5.98. The Morgan fingerprint density at radius 2 is 2.12 bits per heavy atom. The largest absolute Gasteiger partial charge is 0.494 e. The molecule has 128 valence electrons. The summed E-state index contributed by atoms with van der Waals surface area (Å²) in [4.78, 5) is 18.0. The maximum absolute atomic E-state index is 11.8. The van der Waals surface area contributed by atoms with E-state index in [1.165, 1.54) is 0 Å². The zero-order chi connectivity index (χ0) is 16.9. The van der Waals surface area contributed by atoms with Crippen molar-refractivity contribution in [2.24, 2.45) is 0 Å². The summed E-state index contributed by atoms with van der Waals surface area (Å²) in [5, 5.41) is 6.96. The molecule has 3 rings (SSSR count). The number of nitrogens with zero attached hydrogens (tertiary/aromatic N) is 3. The average molecular weight is 330 g/mol. The zero-order valence-electron chi connectivity index (χ0n) is 14.0. The summed E-state index contributed by atoms with van der Waals surface area (Å²) in [6.07, 6.45) is 2.18. The Hall–Kier alpha value is -2.41. The molecule has 0 radical (unpaired) electrons. The normalized spacial score (nSPS) is 14.0. The highest BCUT2D eigenvalue weighted by Gasteiger charge is 2.23. The minimum Gasteiger partial charge on any atom is -0.494 e. The number of hydrogen-bond acceptors (Lipinski definition) is 6. The van der Waals surface area contributed by atoms with Crippen molar-refractivity contribution >= 4 is 5.91 Å². The molecule has 0 bridgehead atoms. The minimum atomic E-state index is 0.0336. The van der Waals surface area contributed by atoms with Crippen LogP contribution in [0.3, 0.4) is 0 Å². The molecule has 1 heterocycles. The van der Waals surface area contributed by atoms with Gasteiger partial charge in [0.25, 0.3) is 0 Å². The van der Waals surface area contributed by atoms with Crippen molar-refractivity contribution in [3.8, 4) is 17.1 Å². The summed E-state index contributed by atoms with van der Waals surface area (Å²) in [5.41, 5.74) is 0.864. The van der Waals surface area contributed by atoms with E-state index in [2.05, 4.69) is 15.5 Å². The van der Waals surface area contributed by atoms with Crippen molar-refractivity contribution < 1.29 is 14.1 Å². The van der Waals surface area contributed by atoms with Gasteiger partial charge in [0.2, 0.25) is 17.6 Å². The molecule has 1 N–H and O–H groups in total. The average Bonchev–Trinajstić information content (AvgIpc) is 3.24. The molecule has 1 aromatic heterocycles. The Labute approximate surface area is 141 Å². The predicted molar refractivity (Wildman–Crippen MR) is 88.4 cm³/mol. The van der Waals surface area contributed by atoms with Gasteiger partial charge in [0.05, 0.1) is 19.7 Å². The maximum Gasteiger partial charge on any atom is 0.241 e. The maximum atomic E-state index is 11.8. The number of carbonyl (C=O) groups excluding carboxylic acids is 1. The fraction of sp³-hybridized carbons (Fsp3) is 0.471. The van der Waals surface area contributed by atoms with Crippen LogP contribution in [0, 0.1) is 0 Å². The van der Waals surface area contributed by atoms with E-state index in [0.29, 0.717) is 37.5 Å². The van der Waals surface area contributed by atoms with Gasteiger partial charge >= 0.3 is 0 Å². The lowest BCUT2D eigenvalue weighted by Crippen LogP contribution is -2.35. The summed E-state index contributed by atoms with van der Waals surface area (Å²) in [6.45, 7) is 3.33. The molecule has 2 aromatic rings. The van der Waals surface area contributed by atoms with Crippen LogP contribution >= 0.6 is 0 Å². The molecule has 1 aromatic carbocycles. The predicted octanol–water partition coefficient (Wildman–Crippen LogP) is 1.85. The topological polar surface area (TPSA) is 80.5 Å². The standard InChI is InChI=1S/C17H22N4O3/c1-3-23-14-8-4-12(5-9-14)17-19-16(24-20-17)11-21(2)10-15(22)18-13-6-7-13/h4-5,8-9,13H,3,6-7,10-11H2,1-2H3,(H,18,22). The third kappa shape index (κ3) is 4.55. The SMILES string of the molecule is CCOc1ccc(-c2noc(CN(C)CC(=O)NC3CC3)n2)cc1. The molecule has 0 saturated heterocycles. The smallest absolute Gasteiger partial charge is 0.241 e. The minimum absolute atomic E-state index is 0.0336. The van der Waals surface area contributed by atoms with Gasteiger partial charge in [-0.3, -0.25) is 9.69 Å². The first kappa shape index (κ1) is 16.4. The Balaban J connectivity index is 1.55. The Morgan fingerprint density at radius 3 is 2.79 bits per heavy atom. The summed E-state index contributed by atoms with van der Waals surface area (Å²) in [7, 11) is 1.85. The van der Waals surface area contributed by atoms with Crippen molar-refractivity contribution in [1.29, 1.82) is 0 Å². The Bertz CT molecular complexity index is 679. The van der Waals surface area contributed by atoms with Crippen LogP contribution in [0.5, 0.6) is 5.75 Å². The molecular weight excluding hydrogens is 308 g/mol. The molecule has 0 atom stereocenters. The van der Waals surface area contributed by atoms with E-state index in [4.69, 9.17) is 9.26 Å². The van der Waals surface area contributed by atoms with Crippen LogP contribution in [-0.2, 0) is 11.3 Å². The van der Waals surface area contributed by atoms with Gasteiger partial charge < -0.3 is 14.6 Å². The van der Waals surface area contributed by atoms with Gasteiger partial charge in [-0.1, -0.05) is 5.16 Å². The first-order chi connectivity index (χ1) is 11.6. The van der Waals surface area contributed by atoms with Gasteiger partial charge in [-0.25, -0.2) is 0 Å². The molecule has 0 spiro atoms. The molecule has 7 nitrogen and oxygen atoms in total. The molecular formula is C17H22N4O3. The van der Waals surface area contributed by atoms with Crippen LogP contribution in [-0.4, -0.2) is 47.2 Å². The Morgan fingerprint density at radius 1 is 1.38 bits per heavy atom. The fourth-order valence-electron chi connectivity index (χ4n) is 2.34. The number of aromatic nitrogens is 2. The first-order valence-electron chi connectivity index (χ1n) is 8.17. The quantitative estimate of drug-likeness (QED) is 0.795. The third-order valence-electron chi connectivity index (χ3n) is 3.65. The van der Waals surface area contributed by atoms with E-state index in [9.17, 15) is 4.79 Å². The van der Waals surface area contributed by atoms with Crippen molar-refractivity contribution in [3.05, 3.63) is 30.2 Å². The van der Waals surface area contributed by atoms with Crippen LogP contribution in [0.1, 0.15) is 25.7 Å². The van der Waals surface area contributed by atoms with Crippen molar-refractivity contribution in [1.82, 2.24) is 20.4 Å². The molecule has 24 heavy (non-hydrogen) atoms. The number of nitrogens with one attached hydrogen (secondary N) is 1. The summed E-state index contributed by atoms with van der Waals surface area (Å²) in [5.74, 6) is 1.86. The summed E-state index contributed by atoms with van der Waals surface area (Å²) < 4.78 is 10.7. The first-order valence-corrected chi connectivity index (χ1v) is 8.17. The lowest BCUT2D eigenvalue weighted by atomic mass is 10.2. The summed E-state index contributed by atoms with van der Waals surface area (Å²) in [6, 6.07) is 7.92. The highest BCUT2D eigenvalue weighted by atomic mass is 16.5. The molecule has 1 aliphatic rings. The number of amides is 1. The van der Waals surface area contributed by atoms with Crippen LogP contribution in [0.2, 0.25) is 0 Å². The van der Waals surface area contributed by atoms with Crippen molar-refractivity contribution in [2.75, 3.05) is 20.2 Å². The summed E-state index contributed by atoms with van der Waals surface area (Å²) >= 11 is 0. The van der Waals surface area contributed by atoms with Gasteiger partial charge in [-0.15, -0.1) is 0 Å². The van der Waals surface area contributed by atoms with Crippen LogP contribution in [0.4, 0.5) is 0 Å². The number of benzene rings is 1. The second kappa shape index (κ2) is 7.44. The third-order valence-corrected chi connectivity index (χ3v) is 3.65. The van der Waals surface area contributed by atoms with Crippen LogP contribution in [0.15, 0.2) is 28.8 Å². The number of hydrogen-bond donors (Lipinski definition) is 1. The fourth-order valence-corrected chi connectivity index (χ4v) is 2.34. The highest BCUT2D eigenvalue weighted by Crippen LogP contribution is 2.20. The molecule has 1 aliphatic carbocycles. The molecule has 7 heteroatoms. The van der Waals surface area contributed by atoms with Crippen LogP contribution < -0.4 is 10.1 Å². The number of rotatable bonds is 8. The van der Waals surface area contributed by atoms with Gasteiger partial charge in [0, 0.05) is 11.6 Å². The van der Waals surface area contributed by atoms with E-state index in [-0.39, 0.29) is 5.91 Å². The molecule has 0 unspecified atom stereocenters. The molecule has 1 amide bonds. The van der Waals surface area contributed by atoms with Gasteiger partial charge in [-0.05, 0) is 51.1 Å². The van der Waals surface area contributed by atoms with Crippen LogP contribution in [0.25, 0.3) is 11.4 Å². The van der Waals surface area contributed by atoms with Gasteiger partial charge in [0.1, 0.15) is 5.75 Å². The lowest BCUT2D eigenvalue weighted by molar-refractivity contribution is -0.122. The van der Waals surface area contributed by atoms with Crippen molar-refractivity contribution in [2.45, 2.75) is 32.4 Å². The monoisotopic (exact) mass is 330 g/mol. The van der Waals surface area contributed by atoms with E-state index < -0.39 is 0 Å².